The third kappa shape index (κ3) is 3.86. The van der Waals surface area contributed by atoms with E-state index in [1.807, 2.05) is 38.1 Å². The Morgan fingerprint density at radius 1 is 1.04 bits per heavy atom. The molecule has 1 fully saturated rings. The number of nitrogens with zero attached hydrogens (tertiary/aromatic N) is 2. The second-order valence-corrected chi connectivity index (χ2v) is 7.16. The largest absolute Gasteiger partial charge is 0.486 e. The summed E-state index contributed by atoms with van der Waals surface area (Å²) in [6.45, 7) is 9.97. The highest BCUT2D eigenvalue weighted by Crippen LogP contribution is 2.33. The number of benzene rings is 1. The monoisotopic (exact) mass is 385 g/mol. The van der Waals surface area contributed by atoms with Crippen LogP contribution >= 0.6 is 0 Å². The van der Waals surface area contributed by atoms with Gasteiger partial charge in [-0.1, -0.05) is 0 Å². The number of nitrogens with one attached hydrogen (secondary N) is 1. The summed E-state index contributed by atoms with van der Waals surface area (Å²) in [4.78, 5) is 15.0. The summed E-state index contributed by atoms with van der Waals surface area (Å²) in [5, 5.41) is 3.05. The van der Waals surface area contributed by atoms with Crippen LogP contribution in [0.1, 0.15) is 21.7 Å². The van der Waals surface area contributed by atoms with Gasteiger partial charge in [-0.05, 0) is 32.0 Å². The number of carbonyl (C=O) groups excluding carboxylic acids is 1. The Kier molecular flexibility index (Phi) is 5.54. The molecule has 2 aromatic rings. The SMILES string of the molecule is Cc1cc(C(=O)NCCN2CCOCC2)c(C)n1-c1ccc2c(c1)OCCO2. The van der Waals surface area contributed by atoms with E-state index in [1.54, 1.807) is 0 Å². The minimum absolute atomic E-state index is 0.0369. The van der Waals surface area contributed by atoms with Gasteiger partial charge in [0.05, 0.1) is 18.8 Å². The Balaban J connectivity index is 1.47. The molecular weight excluding hydrogens is 358 g/mol. The lowest BCUT2D eigenvalue weighted by Gasteiger charge is -2.26. The first-order valence-electron chi connectivity index (χ1n) is 9.81. The lowest BCUT2D eigenvalue weighted by atomic mass is 10.2. The summed E-state index contributed by atoms with van der Waals surface area (Å²) in [6, 6.07) is 7.82. The van der Waals surface area contributed by atoms with Crippen LogP contribution < -0.4 is 14.8 Å². The molecule has 7 heteroatoms. The first-order valence-corrected chi connectivity index (χ1v) is 9.81. The van der Waals surface area contributed by atoms with E-state index in [1.165, 1.54) is 0 Å². The average Bonchev–Trinajstić information content (AvgIpc) is 3.02. The van der Waals surface area contributed by atoms with Crippen LogP contribution in [0.5, 0.6) is 11.5 Å². The van der Waals surface area contributed by atoms with E-state index in [4.69, 9.17) is 14.2 Å². The molecule has 1 aromatic heterocycles. The Hall–Kier alpha value is -2.51. The maximum Gasteiger partial charge on any atom is 0.253 e. The van der Waals surface area contributed by atoms with Crippen LogP contribution in [0.3, 0.4) is 0 Å². The van der Waals surface area contributed by atoms with E-state index in [9.17, 15) is 4.79 Å². The van der Waals surface area contributed by atoms with Crippen LogP contribution in [0.25, 0.3) is 5.69 Å². The minimum atomic E-state index is -0.0369. The summed E-state index contributed by atoms with van der Waals surface area (Å²) < 4.78 is 18.7. The zero-order valence-corrected chi connectivity index (χ0v) is 16.5. The number of morpholine rings is 1. The molecule has 0 atom stereocenters. The van der Waals surface area contributed by atoms with Gasteiger partial charge in [-0.3, -0.25) is 9.69 Å². The topological polar surface area (TPSA) is 65.0 Å². The molecule has 3 heterocycles. The van der Waals surface area contributed by atoms with Crippen LogP contribution in [-0.2, 0) is 4.74 Å². The molecule has 0 aliphatic carbocycles. The quantitative estimate of drug-likeness (QED) is 0.852. The number of ether oxygens (including phenoxy) is 3. The number of carbonyl (C=O) groups is 1. The average molecular weight is 385 g/mol. The fourth-order valence-corrected chi connectivity index (χ4v) is 3.81. The molecule has 1 saturated heterocycles. The summed E-state index contributed by atoms with van der Waals surface area (Å²) in [7, 11) is 0. The highest BCUT2D eigenvalue weighted by molar-refractivity contribution is 5.95. The van der Waals surface area contributed by atoms with Crippen molar-refractivity contribution in [3.8, 4) is 17.2 Å². The van der Waals surface area contributed by atoms with Gasteiger partial charge in [0.1, 0.15) is 13.2 Å². The van der Waals surface area contributed by atoms with Crippen molar-refractivity contribution < 1.29 is 19.0 Å². The van der Waals surface area contributed by atoms with Crippen LogP contribution in [0.2, 0.25) is 0 Å². The molecule has 0 spiro atoms. The molecule has 7 nitrogen and oxygen atoms in total. The van der Waals surface area contributed by atoms with Crippen molar-refractivity contribution in [2.75, 3.05) is 52.6 Å². The number of amides is 1. The zero-order valence-electron chi connectivity index (χ0n) is 16.5. The third-order valence-electron chi connectivity index (χ3n) is 5.28. The highest BCUT2D eigenvalue weighted by atomic mass is 16.6. The van der Waals surface area contributed by atoms with E-state index in [0.717, 1.165) is 61.4 Å². The van der Waals surface area contributed by atoms with Crippen molar-refractivity contribution in [1.29, 1.82) is 0 Å². The smallest absolute Gasteiger partial charge is 0.253 e. The van der Waals surface area contributed by atoms with Crippen LogP contribution in [-0.4, -0.2) is 68.0 Å². The molecule has 1 aromatic carbocycles. The van der Waals surface area contributed by atoms with Gasteiger partial charge in [0.15, 0.2) is 11.5 Å². The van der Waals surface area contributed by atoms with Gasteiger partial charge in [-0.25, -0.2) is 0 Å². The first-order chi connectivity index (χ1) is 13.6. The maximum absolute atomic E-state index is 12.7. The highest BCUT2D eigenvalue weighted by Gasteiger charge is 2.19. The molecule has 0 bridgehead atoms. The summed E-state index contributed by atoms with van der Waals surface area (Å²) in [5.41, 5.74) is 3.59. The van der Waals surface area contributed by atoms with Crippen LogP contribution in [0, 0.1) is 13.8 Å². The molecular formula is C21H27N3O4. The van der Waals surface area contributed by atoms with Crippen molar-refractivity contribution in [2.45, 2.75) is 13.8 Å². The summed E-state index contributed by atoms with van der Waals surface area (Å²) >= 11 is 0. The van der Waals surface area contributed by atoms with Gasteiger partial charge < -0.3 is 24.1 Å². The van der Waals surface area contributed by atoms with E-state index >= 15 is 0 Å². The van der Waals surface area contributed by atoms with E-state index < -0.39 is 0 Å². The fraction of sp³-hybridized carbons (Fsp3) is 0.476. The molecule has 0 radical (unpaired) electrons. The Morgan fingerprint density at radius 3 is 2.57 bits per heavy atom. The van der Waals surface area contributed by atoms with Gasteiger partial charge in [0.2, 0.25) is 0 Å². The lowest BCUT2D eigenvalue weighted by molar-refractivity contribution is 0.0383. The zero-order chi connectivity index (χ0) is 19.5. The molecule has 1 N–H and O–H groups in total. The molecule has 28 heavy (non-hydrogen) atoms. The van der Waals surface area contributed by atoms with Crippen LogP contribution in [0.15, 0.2) is 24.3 Å². The lowest BCUT2D eigenvalue weighted by Crippen LogP contribution is -2.41. The normalized spacial score (nSPS) is 16.8. The Bertz CT molecular complexity index is 856. The predicted molar refractivity (Wildman–Crippen MR) is 106 cm³/mol. The van der Waals surface area contributed by atoms with Crippen molar-refractivity contribution in [3.63, 3.8) is 0 Å². The second-order valence-electron chi connectivity index (χ2n) is 7.16. The van der Waals surface area contributed by atoms with Gasteiger partial charge in [-0.15, -0.1) is 0 Å². The first kappa shape index (κ1) is 18.8. The summed E-state index contributed by atoms with van der Waals surface area (Å²) in [5.74, 6) is 1.47. The fourth-order valence-electron chi connectivity index (χ4n) is 3.81. The Labute approximate surface area is 165 Å². The predicted octanol–water partition coefficient (Wildman–Crippen LogP) is 1.93. The second kappa shape index (κ2) is 8.24. The molecule has 1 amide bonds. The number of hydrogen-bond acceptors (Lipinski definition) is 5. The van der Waals surface area contributed by atoms with Gasteiger partial charge >= 0.3 is 0 Å². The molecule has 0 saturated carbocycles. The third-order valence-corrected chi connectivity index (χ3v) is 5.28. The van der Waals surface area contributed by atoms with Crippen molar-refractivity contribution in [1.82, 2.24) is 14.8 Å². The van der Waals surface area contributed by atoms with Crippen LogP contribution in [0.4, 0.5) is 0 Å². The molecule has 4 rings (SSSR count). The molecule has 2 aliphatic heterocycles. The van der Waals surface area contributed by atoms with Crippen molar-refractivity contribution in [3.05, 3.63) is 41.2 Å². The van der Waals surface area contributed by atoms with Crippen molar-refractivity contribution >= 4 is 5.91 Å². The number of fused-ring (bicyclic) bond motifs is 1. The van der Waals surface area contributed by atoms with E-state index in [0.29, 0.717) is 25.3 Å². The molecule has 150 valence electrons. The molecule has 0 unspecified atom stereocenters. The van der Waals surface area contributed by atoms with Crippen molar-refractivity contribution in [2.24, 2.45) is 0 Å². The molecule has 2 aliphatic rings. The minimum Gasteiger partial charge on any atom is -0.486 e. The number of rotatable bonds is 5. The van der Waals surface area contributed by atoms with E-state index in [2.05, 4.69) is 14.8 Å². The maximum atomic E-state index is 12.7. The van der Waals surface area contributed by atoms with E-state index in [-0.39, 0.29) is 5.91 Å². The van der Waals surface area contributed by atoms with Gasteiger partial charge in [-0.2, -0.15) is 0 Å². The summed E-state index contributed by atoms with van der Waals surface area (Å²) in [6.07, 6.45) is 0. The Morgan fingerprint density at radius 2 is 1.79 bits per heavy atom. The number of hydrogen-bond donors (Lipinski definition) is 1. The van der Waals surface area contributed by atoms with Gasteiger partial charge in [0, 0.05) is 49.3 Å². The number of aromatic nitrogens is 1. The van der Waals surface area contributed by atoms with Gasteiger partial charge in [0.25, 0.3) is 5.91 Å². The number of aryl methyl sites for hydroxylation is 1. The standard InChI is InChI=1S/C21H27N3O4/c1-15-13-18(21(25)22-5-6-23-7-9-26-10-8-23)16(2)24(15)17-3-4-19-20(14-17)28-12-11-27-19/h3-4,13-14H,5-12H2,1-2H3,(H,22,25).